The van der Waals surface area contributed by atoms with Gasteiger partial charge in [-0.2, -0.15) is 0 Å². The van der Waals surface area contributed by atoms with Gasteiger partial charge >= 0.3 is 0 Å². The van der Waals surface area contributed by atoms with Crippen molar-refractivity contribution in [3.05, 3.63) is 22.8 Å². The van der Waals surface area contributed by atoms with Crippen LogP contribution in [-0.4, -0.2) is 23.4 Å². The number of amidine groups is 1. The number of nitrogens with two attached hydrogens (primary N) is 1. The Morgan fingerprint density at radius 3 is 2.94 bits per heavy atom. The van der Waals surface area contributed by atoms with E-state index in [0.29, 0.717) is 22.5 Å². The predicted octanol–water partition coefficient (Wildman–Crippen LogP) is 2.64. The van der Waals surface area contributed by atoms with E-state index < -0.39 is 0 Å². The van der Waals surface area contributed by atoms with Gasteiger partial charge in [0.1, 0.15) is 11.7 Å². The second kappa shape index (κ2) is 5.14. The van der Waals surface area contributed by atoms with Crippen molar-refractivity contribution < 1.29 is 0 Å². The molecule has 0 bridgehead atoms. The Morgan fingerprint density at radius 1 is 1.56 bits per heavy atom. The summed E-state index contributed by atoms with van der Waals surface area (Å²) in [5.74, 6) is 1.36. The van der Waals surface area contributed by atoms with E-state index in [0.717, 1.165) is 18.8 Å². The Bertz CT molecular complexity index is 460. The molecule has 0 aromatic carbocycles. The van der Waals surface area contributed by atoms with Crippen molar-refractivity contribution in [1.82, 2.24) is 4.98 Å². The third kappa shape index (κ3) is 2.29. The molecule has 1 aromatic heterocycles. The molecule has 0 saturated carbocycles. The zero-order valence-corrected chi connectivity index (χ0v) is 11.5. The van der Waals surface area contributed by atoms with Crippen molar-refractivity contribution in [2.24, 2.45) is 11.7 Å². The molecule has 0 spiro atoms. The van der Waals surface area contributed by atoms with E-state index in [1.807, 2.05) is 0 Å². The smallest absolute Gasteiger partial charge is 0.148 e. The highest BCUT2D eigenvalue weighted by Gasteiger charge is 2.27. The van der Waals surface area contributed by atoms with E-state index in [2.05, 4.69) is 23.7 Å². The molecular formula is C13H19ClN4. The van der Waals surface area contributed by atoms with E-state index in [1.54, 1.807) is 12.3 Å². The molecule has 18 heavy (non-hydrogen) atoms. The lowest BCUT2D eigenvalue weighted by Crippen LogP contribution is -2.43. The molecule has 1 fully saturated rings. The molecule has 1 aliphatic rings. The molecule has 1 aliphatic heterocycles. The summed E-state index contributed by atoms with van der Waals surface area (Å²) >= 11 is 6.33. The number of pyridine rings is 1. The first-order chi connectivity index (χ1) is 8.52. The first kappa shape index (κ1) is 13.1. The van der Waals surface area contributed by atoms with E-state index >= 15 is 0 Å². The van der Waals surface area contributed by atoms with Crippen LogP contribution < -0.4 is 10.6 Å². The summed E-state index contributed by atoms with van der Waals surface area (Å²) < 4.78 is 0. The van der Waals surface area contributed by atoms with Gasteiger partial charge in [0.05, 0.1) is 5.02 Å². The summed E-state index contributed by atoms with van der Waals surface area (Å²) in [6.07, 6.45) is 4.05. The van der Waals surface area contributed by atoms with Gasteiger partial charge in [-0.25, -0.2) is 4.98 Å². The first-order valence-corrected chi connectivity index (χ1v) is 6.65. The van der Waals surface area contributed by atoms with Crippen LogP contribution >= 0.6 is 11.6 Å². The summed E-state index contributed by atoms with van der Waals surface area (Å²) in [7, 11) is 0. The number of anilines is 1. The molecule has 2 unspecified atom stereocenters. The molecule has 4 nitrogen and oxygen atoms in total. The Labute approximate surface area is 113 Å². The second-order valence-electron chi connectivity index (χ2n) is 4.96. The van der Waals surface area contributed by atoms with Gasteiger partial charge in [0.25, 0.3) is 0 Å². The van der Waals surface area contributed by atoms with Gasteiger partial charge in [-0.15, -0.1) is 0 Å². The van der Waals surface area contributed by atoms with Crippen LogP contribution in [0.2, 0.25) is 5.02 Å². The fraction of sp³-hybridized carbons (Fsp3) is 0.538. The maximum atomic E-state index is 7.52. The molecule has 2 heterocycles. The fourth-order valence-corrected chi connectivity index (χ4v) is 2.80. The zero-order chi connectivity index (χ0) is 13.3. The summed E-state index contributed by atoms with van der Waals surface area (Å²) in [4.78, 5) is 6.60. The lowest BCUT2D eigenvalue weighted by Gasteiger charge is -2.39. The van der Waals surface area contributed by atoms with Crippen LogP contribution in [0, 0.1) is 11.3 Å². The number of halogens is 1. The van der Waals surface area contributed by atoms with E-state index in [9.17, 15) is 0 Å². The zero-order valence-electron chi connectivity index (χ0n) is 10.8. The Balaban J connectivity index is 2.38. The van der Waals surface area contributed by atoms with Crippen molar-refractivity contribution >= 4 is 23.3 Å². The summed E-state index contributed by atoms with van der Waals surface area (Å²) in [6, 6.07) is 2.10. The van der Waals surface area contributed by atoms with Crippen molar-refractivity contribution in [3.63, 3.8) is 0 Å². The predicted molar refractivity (Wildman–Crippen MR) is 75.5 cm³/mol. The number of nitrogens with one attached hydrogen (secondary N) is 1. The average molecular weight is 267 g/mol. The van der Waals surface area contributed by atoms with Gasteiger partial charge in [0, 0.05) is 24.3 Å². The van der Waals surface area contributed by atoms with Gasteiger partial charge in [0.15, 0.2) is 0 Å². The number of aromatic nitrogens is 1. The minimum Gasteiger partial charge on any atom is -0.384 e. The molecule has 98 valence electrons. The van der Waals surface area contributed by atoms with Crippen LogP contribution in [0.1, 0.15) is 32.3 Å². The van der Waals surface area contributed by atoms with E-state index in [-0.39, 0.29) is 5.84 Å². The molecule has 0 radical (unpaired) electrons. The highest BCUT2D eigenvalue weighted by molar-refractivity contribution is 6.36. The maximum Gasteiger partial charge on any atom is 0.148 e. The second-order valence-corrected chi connectivity index (χ2v) is 5.34. The Kier molecular flexibility index (Phi) is 3.76. The van der Waals surface area contributed by atoms with Gasteiger partial charge in [-0.1, -0.05) is 18.5 Å². The number of nitrogens with zero attached hydrogens (tertiary/aromatic N) is 2. The topological polar surface area (TPSA) is 66.0 Å². The normalized spacial score (nSPS) is 24.1. The van der Waals surface area contributed by atoms with Gasteiger partial charge in [-0.3, -0.25) is 5.41 Å². The van der Waals surface area contributed by atoms with Crippen molar-refractivity contribution in [2.45, 2.75) is 32.7 Å². The molecule has 0 aliphatic carbocycles. The Morgan fingerprint density at radius 2 is 2.28 bits per heavy atom. The fourth-order valence-electron chi connectivity index (χ4n) is 2.48. The van der Waals surface area contributed by atoms with Crippen LogP contribution in [0.3, 0.4) is 0 Å². The number of hydrogen-bond acceptors (Lipinski definition) is 3. The summed E-state index contributed by atoms with van der Waals surface area (Å²) in [5, 5.41) is 8.02. The van der Waals surface area contributed by atoms with Gasteiger partial charge in [0.2, 0.25) is 0 Å². The van der Waals surface area contributed by atoms with Crippen molar-refractivity contribution in [1.29, 1.82) is 5.41 Å². The van der Waals surface area contributed by atoms with Crippen molar-refractivity contribution in [2.75, 3.05) is 11.4 Å². The SMILES string of the molecule is CC1CCCN(c2nccc(C(=N)N)c2Cl)C1C. The number of nitrogen functional groups attached to an aromatic ring is 1. The lowest BCUT2D eigenvalue weighted by molar-refractivity contribution is 0.361. The molecule has 1 saturated heterocycles. The number of hydrogen-bond donors (Lipinski definition) is 2. The molecule has 2 rings (SSSR count). The molecule has 1 aromatic rings. The van der Waals surface area contributed by atoms with Crippen LogP contribution in [0.4, 0.5) is 5.82 Å². The maximum absolute atomic E-state index is 7.52. The molecule has 2 atom stereocenters. The summed E-state index contributed by atoms with van der Waals surface area (Å²) in [6.45, 7) is 5.40. The average Bonchev–Trinajstić information content (AvgIpc) is 2.33. The summed E-state index contributed by atoms with van der Waals surface area (Å²) in [5.41, 5.74) is 6.09. The lowest BCUT2D eigenvalue weighted by atomic mass is 9.92. The van der Waals surface area contributed by atoms with Crippen LogP contribution in [0.15, 0.2) is 12.3 Å². The van der Waals surface area contributed by atoms with Crippen LogP contribution in [-0.2, 0) is 0 Å². The monoisotopic (exact) mass is 266 g/mol. The third-order valence-corrected chi connectivity index (χ3v) is 4.18. The van der Waals surface area contributed by atoms with Gasteiger partial charge < -0.3 is 10.6 Å². The number of piperidine rings is 1. The quantitative estimate of drug-likeness (QED) is 0.639. The molecule has 0 amide bonds. The largest absolute Gasteiger partial charge is 0.384 e. The molecule has 5 heteroatoms. The van der Waals surface area contributed by atoms with Crippen molar-refractivity contribution in [3.8, 4) is 0 Å². The van der Waals surface area contributed by atoms with Crippen LogP contribution in [0.25, 0.3) is 0 Å². The Hall–Kier alpha value is -1.29. The third-order valence-electron chi connectivity index (χ3n) is 3.81. The minimum absolute atomic E-state index is 0.0126. The van der Waals surface area contributed by atoms with E-state index in [1.165, 1.54) is 6.42 Å². The molecular weight excluding hydrogens is 248 g/mol. The number of rotatable bonds is 2. The van der Waals surface area contributed by atoms with Crippen LogP contribution in [0.5, 0.6) is 0 Å². The molecule has 3 N–H and O–H groups in total. The highest BCUT2D eigenvalue weighted by Crippen LogP contribution is 2.33. The minimum atomic E-state index is -0.0126. The standard InChI is InChI=1S/C13H19ClN4/c1-8-4-3-7-18(9(8)2)13-11(14)10(12(15)16)5-6-17-13/h5-6,8-9H,3-4,7H2,1-2H3,(H3,15,16). The van der Waals surface area contributed by atoms with Gasteiger partial charge in [-0.05, 0) is 31.7 Å². The van der Waals surface area contributed by atoms with E-state index in [4.69, 9.17) is 22.7 Å². The first-order valence-electron chi connectivity index (χ1n) is 6.28. The highest BCUT2D eigenvalue weighted by atomic mass is 35.5.